The Balaban J connectivity index is 1.61. The van der Waals surface area contributed by atoms with E-state index >= 15 is 0 Å². The van der Waals surface area contributed by atoms with Crippen molar-refractivity contribution in [3.63, 3.8) is 0 Å². The Morgan fingerprint density at radius 2 is 1.89 bits per heavy atom. The van der Waals surface area contributed by atoms with E-state index in [1.165, 1.54) is 29.2 Å². The van der Waals surface area contributed by atoms with Gasteiger partial charge in [-0.15, -0.1) is 0 Å². The zero-order chi connectivity index (χ0) is 25.9. The van der Waals surface area contributed by atoms with Crippen LogP contribution in [-0.4, -0.2) is 66.7 Å². The molecule has 0 spiro atoms. The monoisotopic (exact) mass is 498 g/mol. The van der Waals surface area contributed by atoms with E-state index in [2.05, 4.69) is 10.4 Å². The molecular formula is C26H31FN4O5. The number of carbonyl (C=O) groups excluding carboxylic acids is 2. The van der Waals surface area contributed by atoms with Crippen molar-refractivity contribution in [3.8, 4) is 11.5 Å². The molecule has 192 valence electrons. The molecule has 0 bridgehead atoms. The summed E-state index contributed by atoms with van der Waals surface area (Å²) >= 11 is 0. The van der Waals surface area contributed by atoms with Crippen molar-refractivity contribution in [2.24, 2.45) is 5.10 Å². The first kappa shape index (κ1) is 25.4. The van der Waals surface area contributed by atoms with Gasteiger partial charge in [-0.2, -0.15) is 5.10 Å². The lowest BCUT2D eigenvalue weighted by atomic mass is 9.98. The standard InChI is InChI=1S/C26H31FN4O5/c1-26(2,3)28-25(33)30(11-12-34-4)15-24(32)31-21(18-7-10-22-23(13-18)36-16-35-22)14-20(29-31)17-5-8-19(27)9-6-17/h5-10,13,21H,11-12,14-16H2,1-4H3,(H,28,33). The summed E-state index contributed by atoms with van der Waals surface area (Å²) in [4.78, 5) is 27.9. The lowest BCUT2D eigenvalue weighted by Crippen LogP contribution is -2.52. The van der Waals surface area contributed by atoms with E-state index in [1.54, 1.807) is 18.2 Å². The lowest BCUT2D eigenvalue weighted by molar-refractivity contribution is -0.133. The molecule has 1 N–H and O–H groups in total. The van der Waals surface area contributed by atoms with Crippen LogP contribution in [0.25, 0.3) is 0 Å². The predicted molar refractivity (Wildman–Crippen MR) is 131 cm³/mol. The SMILES string of the molecule is COCCN(CC(=O)N1N=C(c2ccc(F)cc2)CC1c1ccc2c(c1)OCO2)C(=O)NC(C)(C)C. The fourth-order valence-corrected chi connectivity index (χ4v) is 4.03. The molecular weight excluding hydrogens is 467 g/mol. The number of halogens is 1. The largest absolute Gasteiger partial charge is 0.454 e. The molecule has 1 unspecified atom stereocenters. The van der Waals surface area contributed by atoms with Gasteiger partial charge in [-0.3, -0.25) is 4.79 Å². The van der Waals surface area contributed by atoms with Crippen LogP contribution in [-0.2, 0) is 9.53 Å². The van der Waals surface area contributed by atoms with Crippen LogP contribution in [0.4, 0.5) is 9.18 Å². The summed E-state index contributed by atoms with van der Waals surface area (Å²) in [5.41, 5.74) is 1.71. The quantitative estimate of drug-likeness (QED) is 0.629. The Morgan fingerprint density at radius 3 is 2.58 bits per heavy atom. The number of fused-ring (bicyclic) bond motifs is 1. The van der Waals surface area contributed by atoms with E-state index in [0.717, 1.165) is 11.1 Å². The second-order valence-electron chi connectivity index (χ2n) is 9.72. The third-order valence-corrected chi connectivity index (χ3v) is 5.79. The topological polar surface area (TPSA) is 92.7 Å². The molecule has 0 radical (unpaired) electrons. The molecule has 1 atom stereocenters. The van der Waals surface area contributed by atoms with Crippen molar-refractivity contribution in [2.75, 3.05) is 33.6 Å². The molecule has 0 saturated heterocycles. The summed E-state index contributed by atoms with van der Waals surface area (Å²) in [7, 11) is 1.54. The van der Waals surface area contributed by atoms with Crippen molar-refractivity contribution < 1.29 is 28.2 Å². The van der Waals surface area contributed by atoms with E-state index in [-0.39, 0.29) is 44.2 Å². The summed E-state index contributed by atoms with van der Waals surface area (Å²) in [6.07, 6.45) is 0.420. The number of benzene rings is 2. The lowest BCUT2D eigenvalue weighted by Gasteiger charge is -2.30. The number of hydrogen-bond donors (Lipinski definition) is 1. The molecule has 3 amide bonds. The van der Waals surface area contributed by atoms with Gasteiger partial charge in [-0.05, 0) is 56.2 Å². The number of hydrogen-bond acceptors (Lipinski definition) is 6. The van der Waals surface area contributed by atoms with E-state index in [1.807, 2.05) is 32.9 Å². The van der Waals surface area contributed by atoms with E-state index in [0.29, 0.717) is 23.6 Å². The van der Waals surface area contributed by atoms with Gasteiger partial charge in [-0.25, -0.2) is 14.2 Å². The molecule has 2 aliphatic heterocycles. The molecule has 0 aliphatic carbocycles. The number of carbonyl (C=O) groups is 2. The van der Waals surface area contributed by atoms with Crippen molar-refractivity contribution >= 4 is 17.6 Å². The molecule has 0 saturated carbocycles. The van der Waals surface area contributed by atoms with E-state index < -0.39 is 11.6 Å². The molecule has 4 rings (SSSR count). The summed E-state index contributed by atoms with van der Waals surface area (Å²) in [6.45, 7) is 6.08. The van der Waals surface area contributed by atoms with Crippen molar-refractivity contribution in [2.45, 2.75) is 38.8 Å². The minimum atomic E-state index is -0.470. The molecule has 0 aromatic heterocycles. The molecule has 9 nitrogen and oxygen atoms in total. The number of nitrogens with zero attached hydrogens (tertiary/aromatic N) is 3. The van der Waals surface area contributed by atoms with Crippen LogP contribution < -0.4 is 14.8 Å². The van der Waals surface area contributed by atoms with Crippen molar-refractivity contribution in [1.29, 1.82) is 0 Å². The molecule has 0 fully saturated rings. The van der Waals surface area contributed by atoms with Crippen molar-refractivity contribution in [1.82, 2.24) is 15.2 Å². The molecule has 2 aromatic rings. The van der Waals surface area contributed by atoms with Gasteiger partial charge in [0.2, 0.25) is 6.79 Å². The second-order valence-corrected chi connectivity index (χ2v) is 9.72. The highest BCUT2D eigenvalue weighted by molar-refractivity contribution is 6.03. The van der Waals surface area contributed by atoms with Crippen LogP contribution in [0.5, 0.6) is 11.5 Å². The summed E-state index contributed by atoms with van der Waals surface area (Å²) < 4.78 is 29.6. The zero-order valence-corrected chi connectivity index (χ0v) is 20.9. The normalized spacial score (nSPS) is 16.6. The van der Waals surface area contributed by atoms with Gasteiger partial charge >= 0.3 is 6.03 Å². The highest BCUT2D eigenvalue weighted by Gasteiger charge is 2.35. The molecule has 36 heavy (non-hydrogen) atoms. The Bertz CT molecular complexity index is 1150. The molecule has 2 aromatic carbocycles. The molecule has 2 aliphatic rings. The smallest absolute Gasteiger partial charge is 0.318 e. The number of amides is 3. The number of methoxy groups -OCH3 is 1. The second kappa shape index (κ2) is 10.5. The van der Waals surface area contributed by atoms with Crippen LogP contribution in [0.2, 0.25) is 0 Å². The highest BCUT2D eigenvalue weighted by Crippen LogP contribution is 2.39. The highest BCUT2D eigenvalue weighted by atomic mass is 19.1. The summed E-state index contributed by atoms with van der Waals surface area (Å²) in [5.74, 6) is 0.534. The zero-order valence-electron chi connectivity index (χ0n) is 20.9. The number of hydrazone groups is 1. The Labute approximate surface area is 209 Å². The number of rotatable bonds is 7. The van der Waals surface area contributed by atoms with Gasteiger partial charge in [0.25, 0.3) is 5.91 Å². The third kappa shape index (κ3) is 5.93. The van der Waals surface area contributed by atoms with Gasteiger partial charge in [0.1, 0.15) is 12.4 Å². The molecule has 10 heteroatoms. The third-order valence-electron chi connectivity index (χ3n) is 5.79. The maximum atomic E-state index is 13.6. The summed E-state index contributed by atoms with van der Waals surface area (Å²) in [6, 6.07) is 10.7. The fourth-order valence-electron chi connectivity index (χ4n) is 4.03. The first-order valence-corrected chi connectivity index (χ1v) is 11.8. The predicted octanol–water partition coefficient (Wildman–Crippen LogP) is 3.69. The minimum absolute atomic E-state index is 0.140. The van der Waals surface area contributed by atoms with Crippen LogP contribution in [0.3, 0.4) is 0 Å². The fraction of sp³-hybridized carbons (Fsp3) is 0.423. The van der Waals surface area contributed by atoms with Crippen LogP contribution >= 0.6 is 0 Å². The van der Waals surface area contributed by atoms with Gasteiger partial charge < -0.3 is 24.4 Å². The van der Waals surface area contributed by atoms with Gasteiger partial charge in [0, 0.05) is 25.6 Å². The number of nitrogens with one attached hydrogen (secondary N) is 1. The average Bonchev–Trinajstić information content (AvgIpc) is 3.48. The van der Waals surface area contributed by atoms with Crippen LogP contribution in [0, 0.1) is 5.82 Å². The number of ether oxygens (including phenoxy) is 3. The summed E-state index contributed by atoms with van der Waals surface area (Å²) in [5, 5.41) is 8.92. The van der Waals surface area contributed by atoms with Gasteiger partial charge in [0.15, 0.2) is 11.5 Å². The Morgan fingerprint density at radius 1 is 1.17 bits per heavy atom. The number of urea groups is 1. The van der Waals surface area contributed by atoms with E-state index in [4.69, 9.17) is 14.2 Å². The van der Waals surface area contributed by atoms with Gasteiger partial charge in [-0.1, -0.05) is 18.2 Å². The average molecular weight is 499 g/mol. The van der Waals surface area contributed by atoms with Crippen LogP contribution in [0.1, 0.15) is 44.4 Å². The Kier molecular flexibility index (Phi) is 7.44. The first-order valence-electron chi connectivity index (χ1n) is 11.8. The van der Waals surface area contributed by atoms with Crippen LogP contribution in [0.15, 0.2) is 47.6 Å². The van der Waals surface area contributed by atoms with E-state index in [9.17, 15) is 14.0 Å². The van der Waals surface area contributed by atoms with Crippen molar-refractivity contribution in [3.05, 3.63) is 59.4 Å². The Hall–Kier alpha value is -3.66. The van der Waals surface area contributed by atoms with Gasteiger partial charge in [0.05, 0.1) is 18.4 Å². The first-order chi connectivity index (χ1) is 17.1. The molecule has 2 heterocycles. The maximum absolute atomic E-state index is 13.6. The minimum Gasteiger partial charge on any atom is -0.454 e. The maximum Gasteiger partial charge on any atom is 0.318 e.